The van der Waals surface area contributed by atoms with Crippen LogP contribution in [0.2, 0.25) is 0 Å². The van der Waals surface area contributed by atoms with E-state index in [2.05, 4.69) is 5.32 Å². The first kappa shape index (κ1) is 13.4. The van der Waals surface area contributed by atoms with Crippen LogP contribution in [0, 0.1) is 0 Å². The fourth-order valence-corrected chi connectivity index (χ4v) is 1.64. The average molecular weight is 259 g/mol. The van der Waals surface area contributed by atoms with Crippen LogP contribution in [0.15, 0.2) is 53.1 Å². The third-order valence-corrected chi connectivity index (χ3v) is 2.61. The van der Waals surface area contributed by atoms with Gasteiger partial charge in [-0.3, -0.25) is 4.79 Å². The van der Waals surface area contributed by atoms with Crippen LogP contribution < -0.4 is 5.32 Å². The Morgan fingerprint density at radius 3 is 2.74 bits per heavy atom. The molecule has 0 bridgehead atoms. The predicted octanol–water partition coefficient (Wildman–Crippen LogP) is 2.62. The first-order chi connectivity index (χ1) is 9.36. The lowest BCUT2D eigenvalue weighted by Crippen LogP contribution is -2.24. The Labute approximate surface area is 112 Å². The largest absolute Gasteiger partial charge is 0.459 e. The zero-order valence-electron chi connectivity index (χ0n) is 10.7. The second-order valence-corrected chi connectivity index (χ2v) is 4.12. The maximum absolute atomic E-state index is 11.5. The van der Waals surface area contributed by atoms with E-state index in [-0.39, 0.29) is 5.91 Å². The predicted molar refractivity (Wildman–Crippen MR) is 71.8 cm³/mol. The number of rotatable bonds is 7. The summed E-state index contributed by atoms with van der Waals surface area (Å²) in [5.74, 6) is 0.151. The number of hydrogen-bond acceptors (Lipinski definition) is 3. The summed E-state index contributed by atoms with van der Waals surface area (Å²) in [6, 6.07) is 13.3. The van der Waals surface area contributed by atoms with Crippen LogP contribution >= 0.6 is 0 Å². The summed E-state index contributed by atoms with van der Waals surface area (Å²) in [5, 5.41) is 2.77. The van der Waals surface area contributed by atoms with Gasteiger partial charge in [-0.25, -0.2) is 0 Å². The molecule has 2 rings (SSSR count). The molecule has 4 nitrogen and oxygen atoms in total. The molecule has 0 saturated carbocycles. The van der Waals surface area contributed by atoms with Gasteiger partial charge in [0.2, 0.25) is 0 Å². The lowest BCUT2D eigenvalue weighted by Gasteiger charge is -2.05. The van der Waals surface area contributed by atoms with E-state index in [4.69, 9.17) is 9.15 Å². The number of hydrogen-bond donors (Lipinski definition) is 1. The van der Waals surface area contributed by atoms with E-state index in [1.807, 2.05) is 30.3 Å². The topological polar surface area (TPSA) is 51.5 Å². The molecule has 1 heterocycles. The number of carbonyl (C=O) groups excluding carboxylic acids is 1. The van der Waals surface area contributed by atoms with Crippen molar-refractivity contribution in [2.24, 2.45) is 0 Å². The van der Waals surface area contributed by atoms with Gasteiger partial charge in [-0.2, -0.15) is 0 Å². The Morgan fingerprint density at radius 2 is 2.00 bits per heavy atom. The SMILES string of the molecule is O=C(NCCCOCc1ccccc1)c1ccco1. The van der Waals surface area contributed by atoms with Gasteiger partial charge in [0.1, 0.15) is 0 Å². The fraction of sp³-hybridized carbons (Fsp3) is 0.267. The second kappa shape index (κ2) is 7.38. The van der Waals surface area contributed by atoms with E-state index in [0.29, 0.717) is 25.5 Å². The van der Waals surface area contributed by atoms with Gasteiger partial charge in [0.15, 0.2) is 5.76 Å². The number of benzene rings is 1. The zero-order chi connectivity index (χ0) is 13.3. The van der Waals surface area contributed by atoms with Gasteiger partial charge in [-0.1, -0.05) is 30.3 Å². The van der Waals surface area contributed by atoms with Crippen molar-refractivity contribution in [2.45, 2.75) is 13.0 Å². The summed E-state index contributed by atoms with van der Waals surface area (Å²) in [4.78, 5) is 11.5. The molecular formula is C15H17NO3. The minimum Gasteiger partial charge on any atom is -0.459 e. The standard InChI is InChI=1S/C15H17NO3/c17-15(14-8-4-11-19-14)16-9-5-10-18-12-13-6-2-1-3-7-13/h1-4,6-8,11H,5,9-10,12H2,(H,16,17). The van der Waals surface area contributed by atoms with Gasteiger partial charge >= 0.3 is 0 Å². The molecule has 0 fully saturated rings. The summed E-state index contributed by atoms with van der Waals surface area (Å²) < 4.78 is 10.5. The van der Waals surface area contributed by atoms with Gasteiger partial charge < -0.3 is 14.5 Å². The Hall–Kier alpha value is -2.07. The van der Waals surface area contributed by atoms with Gasteiger partial charge in [0.25, 0.3) is 5.91 Å². The summed E-state index contributed by atoms with van der Waals surface area (Å²) >= 11 is 0. The van der Waals surface area contributed by atoms with E-state index in [1.54, 1.807) is 12.1 Å². The first-order valence-electron chi connectivity index (χ1n) is 6.29. The molecule has 1 aromatic heterocycles. The molecular weight excluding hydrogens is 242 g/mol. The highest BCUT2D eigenvalue weighted by molar-refractivity contribution is 5.91. The molecule has 0 spiro atoms. The van der Waals surface area contributed by atoms with Crippen LogP contribution in [0.3, 0.4) is 0 Å². The Kier molecular flexibility index (Phi) is 5.19. The third-order valence-electron chi connectivity index (χ3n) is 2.61. The third kappa shape index (κ3) is 4.60. The molecule has 100 valence electrons. The molecule has 0 aliphatic heterocycles. The van der Waals surface area contributed by atoms with Gasteiger partial charge in [0, 0.05) is 13.2 Å². The van der Waals surface area contributed by atoms with Crippen molar-refractivity contribution in [2.75, 3.05) is 13.2 Å². The van der Waals surface area contributed by atoms with E-state index in [0.717, 1.165) is 12.0 Å². The summed E-state index contributed by atoms with van der Waals surface area (Å²) in [6.07, 6.45) is 2.26. The molecule has 0 aliphatic rings. The van der Waals surface area contributed by atoms with Crippen molar-refractivity contribution >= 4 is 5.91 Å². The summed E-state index contributed by atoms with van der Waals surface area (Å²) in [5.41, 5.74) is 1.15. The summed E-state index contributed by atoms with van der Waals surface area (Å²) in [6.45, 7) is 1.80. The number of amides is 1. The van der Waals surface area contributed by atoms with Crippen LogP contribution in [0.25, 0.3) is 0 Å². The van der Waals surface area contributed by atoms with Gasteiger partial charge in [0.05, 0.1) is 12.9 Å². The first-order valence-corrected chi connectivity index (χ1v) is 6.29. The minimum absolute atomic E-state index is 0.187. The molecule has 0 aliphatic carbocycles. The molecule has 1 N–H and O–H groups in total. The molecule has 0 unspecified atom stereocenters. The normalized spacial score (nSPS) is 10.3. The number of ether oxygens (including phenoxy) is 1. The minimum atomic E-state index is -0.187. The molecule has 4 heteroatoms. The molecule has 1 amide bonds. The Bertz CT molecular complexity index is 479. The van der Waals surface area contributed by atoms with Crippen molar-refractivity contribution < 1.29 is 13.9 Å². The smallest absolute Gasteiger partial charge is 0.286 e. The van der Waals surface area contributed by atoms with Crippen molar-refractivity contribution in [3.63, 3.8) is 0 Å². The molecule has 0 radical (unpaired) electrons. The van der Waals surface area contributed by atoms with Crippen LogP contribution in [0.5, 0.6) is 0 Å². The monoisotopic (exact) mass is 259 g/mol. The van der Waals surface area contributed by atoms with Crippen molar-refractivity contribution in [1.82, 2.24) is 5.32 Å². The summed E-state index contributed by atoms with van der Waals surface area (Å²) in [7, 11) is 0. The molecule has 19 heavy (non-hydrogen) atoms. The van der Waals surface area contributed by atoms with E-state index in [9.17, 15) is 4.79 Å². The number of carbonyl (C=O) groups is 1. The highest BCUT2D eigenvalue weighted by atomic mass is 16.5. The average Bonchev–Trinajstić information content (AvgIpc) is 2.98. The van der Waals surface area contributed by atoms with Crippen LogP contribution in [-0.2, 0) is 11.3 Å². The maximum atomic E-state index is 11.5. The molecule has 2 aromatic rings. The molecule has 0 atom stereocenters. The van der Waals surface area contributed by atoms with Crippen molar-refractivity contribution in [3.8, 4) is 0 Å². The fourth-order valence-electron chi connectivity index (χ4n) is 1.64. The number of nitrogens with one attached hydrogen (secondary N) is 1. The van der Waals surface area contributed by atoms with E-state index < -0.39 is 0 Å². The van der Waals surface area contributed by atoms with Crippen molar-refractivity contribution in [3.05, 3.63) is 60.1 Å². The number of furan rings is 1. The zero-order valence-corrected chi connectivity index (χ0v) is 10.7. The van der Waals surface area contributed by atoms with Crippen LogP contribution in [-0.4, -0.2) is 19.1 Å². The van der Waals surface area contributed by atoms with Crippen molar-refractivity contribution in [1.29, 1.82) is 0 Å². The maximum Gasteiger partial charge on any atom is 0.286 e. The van der Waals surface area contributed by atoms with Gasteiger partial charge in [-0.05, 0) is 24.1 Å². The van der Waals surface area contributed by atoms with Gasteiger partial charge in [-0.15, -0.1) is 0 Å². The molecule has 1 aromatic carbocycles. The Balaban J connectivity index is 1.54. The van der Waals surface area contributed by atoms with E-state index in [1.165, 1.54) is 6.26 Å². The lowest BCUT2D eigenvalue weighted by atomic mass is 10.2. The molecule has 0 saturated heterocycles. The highest BCUT2D eigenvalue weighted by Crippen LogP contribution is 2.01. The highest BCUT2D eigenvalue weighted by Gasteiger charge is 2.06. The Morgan fingerprint density at radius 1 is 1.16 bits per heavy atom. The van der Waals surface area contributed by atoms with Crippen LogP contribution in [0.4, 0.5) is 0 Å². The lowest BCUT2D eigenvalue weighted by molar-refractivity contribution is 0.0908. The van der Waals surface area contributed by atoms with E-state index >= 15 is 0 Å². The second-order valence-electron chi connectivity index (χ2n) is 4.12. The van der Waals surface area contributed by atoms with Crippen LogP contribution in [0.1, 0.15) is 22.5 Å². The quantitative estimate of drug-likeness (QED) is 0.778.